The molecule has 0 spiro atoms. The molecule has 2 fully saturated rings. The maximum atomic E-state index is 14.2. The van der Waals surface area contributed by atoms with Crippen molar-refractivity contribution in [3.63, 3.8) is 0 Å². The van der Waals surface area contributed by atoms with Crippen molar-refractivity contribution in [3.05, 3.63) is 35.9 Å². The molecule has 0 aromatic heterocycles. The summed E-state index contributed by atoms with van der Waals surface area (Å²) in [6.07, 6.45) is -0.236. The van der Waals surface area contributed by atoms with Gasteiger partial charge in [-0.25, -0.2) is 0 Å². The summed E-state index contributed by atoms with van der Waals surface area (Å²) in [6, 6.07) is -0.840. The number of hydrogen-bond acceptors (Lipinski definition) is 14. The fourth-order valence-corrected chi connectivity index (χ4v) is 7.32. The van der Waals surface area contributed by atoms with Gasteiger partial charge < -0.3 is 70.2 Å². The number of carbonyl (C=O) groups excluding carboxylic acids is 8. The summed E-state index contributed by atoms with van der Waals surface area (Å²) in [6.45, 7) is 5.08. The standard InChI is InChI=1S/C42H69N13O9/c1-23(2)20-32-40(62)52-28(11-15-43)36(58)51-30(13-17-45)39(61)55-34(24(3)56)42(64)48-19-14-31(49-35(57)27(46)22-26-10-7-18-47-26)38(60)50-29(12-16-44)37(59)54-33(41(63)53-32)21-25-8-5-4-6-9-25/h4-6,8-9,23-24,26,28-34,46-47,56H,7,10-22,43-45H2,1-3H3,(H,48,64)(H,49,57)(H,50,60)(H,51,58)(H,52,62)(H,53,63)(H,54,59)(H,55,61)/t24?,26-,28+,29+,30+,31?,32+,33-,34+/m1/s1. The molecule has 0 bridgehead atoms. The molecule has 17 N–H and O–H groups in total. The highest BCUT2D eigenvalue weighted by molar-refractivity contribution is 6.38. The van der Waals surface area contributed by atoms with Gasteiger partial charge in [0, 0.05) is 25.4 Å². The highest BCUT2D eigenvalue weighted by Gasteiger charge is 2.35. The lowest BCUT2D eigenvalue weighted by Crippen LogP contribution is -2.61. The summed E-state index contributed by atoms with van der Waals surface area (Å²) in [4.78, 5) is 110. The van der Waals surface area contributed by atoms with Gasteiger partial charge in [0.05, 0.1) is 11.8 Å². The van der Waals surface area contributed by atoms with Crippen LogP contribution >= 0.6 is 0 Å². The minimum absolute atomic E-state index is 0.0374. The lowest BCUT2D eigenvalue weighted by molar-refractivity contribution is -0.136. The predicted molar refractivity (Wildman–Crippen MR) is 237 cm³/mol. The zero-order chi connectivity index (χ0) is 47.3. The van der Waals surface area contributed by atoms with E-state index >= 15 is 0 Å². The smallest absolute Gasteiger partial charge is 0.265 e. The van der Waals surface area contributed by atoms with E-state index in [1.165, 1.54) is 6.92 Å². The number of nitrogens with two attached hydrogens (primary N) is 3. The molecule has 9 atom stereocenters. The predicted octanol–water partition coefficient (Wildman–Crippen LogP) is -4.22. The van der Waals surface area contributed by atoms with Crippen molar-refractivity contribution >= 4 is 53.0 Å². The Morgan fingerprint density at radius 1 is 0.688 bits per heavy atom. The van der Waals surface area contributed by atoms with E-state index in [0.717, 1.165) is 19.4 Å². The van der Waals surface area contributed by atoms with E-state index in [0.29, 0.717) is 5.56 Å². The summed E-state index contributed by atoms with van der Waals surface area (Å²) in [5, 5.41) is 43.0. The van der Waals surface area contributed by atoms with E-state index in [2.05, 4.69) is 47.9 Å². The number of nitrogens with one attached hydrogen (secondary N) is 10. The first-order chi connectivity index (χ1) is 30.5. The van der Waals surface area contributed by atoms with Crippen LogP contribution in [-0.2, 0) is 44.8 Å². The van der Waals surface area contributed by atoms with Crippen LogP contribution in [0.25, 0.3) is 0 Å². The Bertz CT molecular complexity index is 1760. The van der Waals surface area contributed by atoms with Crippen molar-refractivity contribution in [1.82, 2.24) is 47.9 Å². The van der Waals surface area contributed by atoms with Gasteiger partial charge in [-0.3, -0.25) is 43.8 Å². The van der Waals surface area contributed by atoms with Gasteiger partial charge in [-0.2, -0.15) is 0 Å². The van der Waals surface area contributed by atoms with Crippen LogP contribution in [0.5, 0.6) is 0 Å². The molecular formula is C42H69N13O9. The number of rotatable bonds is 15. The van der Waals surface area contributed by atoms with Gasteiger partial charge >= 0.3 is 0 Å². The molecule has 3 rings (SSSR count). The van der Waals surface area contributed by atoms with E-state index < -0.39 is 95.7 Å². The average molecular weight is 900 g/mol. The molecule has 22 nitrogen and oxygen atoms in total. The Balaban J connectivity index is 2.08. The molecule has 1 aromatic carbocycles. The quantitative estimate of drug-likeness (QED) is 0.0744. The van der Waals surface area contributed by atoms with Gasteiger partial charge in [0.15, 0.2) is 0 Å². The van der Waals surface area contributed by atoms with Gasteiger partial charge in [-0.1, -0.05) is 44.2 Å². The number of hydrogen-bond donors (Lipinski definition) is 14. The number of benzene rings is 1. The van der Waals surface area contributed by atoms with Gasteiger partial charge in [0.2, 0.25) is 41.4 Å². The summed E-state index contributed by atoms with van der Waals surface area (Å²) in [5.74, 6) is -6.75. The summed E-state index contributed by atoms with van der Waals surface area (Å²) < 4.78 is 0. The monoisotopic (exact) mass is 900 g/mol. The van der Waals surface area contributed by atoms with Crippen LogP contribution in [0.2, 0.25) is 0 Å². The van der Waals surface area contributed by atoms with E-state index in [9.17, 15) is 43.5 Å². The van der Waals surface area contributed by atoms with Gasteiger partial charge in [0.1, 0.15) is 42.3 Å². The molecular weight excluding hydrogens is 831 g/mol. The second kappa shape index (κ2) is 26.9. The highest BCUT2D eigenvalue weighted by Crippen LogP contribution is 2.12. The lowest BCUT2D eigenvalue weighted by Gasteiger charge is -2.28. The van der Waals surface area contributed by atoms with Crippen molar-refractivity contribution in [1.29, 1.82) is 5.41 Å². The van der Waals surface area contributed by atoms with E-state index in [1.807, 2.05) is 13.8 Å². The molecule has 22 heteroatoms. The minimum Gasteiger partial charge on any atom is -0.391 e. The summed E-state index contributed by atoms with van der Waals surface area (Å²) in [7, 11) is 0. The Hall–Kier alpha value is -5.55. The molecule has 0 saturated carbocycles. The second-order valence-corrected chi connectivity index (χ2v) is 16.7. The van der Waals surface area contributed by atoms with E-state index in [1.54, 1.807) is 30.3 Å². The molecule has 2 aliphatic heterocycles. The van der Waals surface area contributed by atoms with Crippen LogP contribution in [-0.4, -0.2) is 145 Å². The fraction of sp³-hybridized carbons (Fsp3) is 0.643. The van der Waals surface area contributed by atoms with Crippen molar-refractivity contribution in [3.8, 4) is 0 Å². The van der Waals surface area contributed by atoms with Gasteiger partial charge in [-0.15, -0.1) is 0 Å². The van der Waals surface area contributed by atoms with Crippen LogP contribution in [0.4, 0.5) is 0 Å². The van der Waals surface area contributed by atoms with Crippen molar-refractivity contribution in [2.45, 2.75) is 133 Å². The second-order valence-electron chi connectivity index (χ2n) is 16.7. The molecule has 0 radical (unpaired) electrons. The van der Waals surface area contributed by atoms with E-state index in [-0.39, 0.29) is 88.8 Å². The normalized spacial score (nSPS) is 26.6. The molecule has 1 aromatic rings. The number of amides is 8. The Morgan fingerprint density at radius 3 is 1.70 bits per heavy atom. The number of aliphatic hydroxyl groups is 1. The average Bonchev–Trinajstić information content (AvgIpc) is 3.76. The molecule has 0 aliphatic carbocycles. The van der Waals surface area contributed by atoms with E-state index in [4.69, 9.17) is 22.6 Å². The Kier molecular flexibility index (Phi) is 22.2. The zero-order valence-corrected chi connectivity index (χ0v) is 37.0. The molecule has 2 saturated heterocycles. The topological polar surface area (TPSA) is 367 Å². The third kappa shape index (κ3) is 17.2. The van der Waals surface area contributed by atoms with Crippen LogP contribution in [0.1, 0.15) is 77.7 Å². The summed E-state index contributed by atoms with van der Waals surface area (Å²) >= 11 is 0. The molecule has 8 amide bonds. The largest absolute Gasteiger partial charge is 0.391 e. The Labute approximate surface area is 373 Å². The number of carbonyl (C=O) groups is 8. The zero-order valence-electron chi connectivity index (χ0n) is 37.0. The SMILES string of the molecule is CC(C)C[C@@H]1NC(=O)[C@@H](Cc2ccccc2)NC(=O)[C@H](CCN)NC(=O)C(NC(=O)C(=N)C[C@H]2CCCN2)CCNC(=O)[C@H](C(C)O)NC(=O)[C@H](CCN)NC(=O)[C@H](CCN)NC1=O. The molecule has 356 valence electrons. The highest BCUT2D eigenvalue weighted by atomic mass is 16.3. The number of aliphatic hydroxyl groups excluding tert-OH is 1. The van der Waals surface area contributed by atoms with Crippen molar-refractivity contribution in [2.24, 2.45) is 23.1 Å². The minimum atomic E-state index is -1.57. The van der Waals surface area contributed by atoms with Crippen molar-refractivity contribution < 1.29 is 43.5 Å². The molecule has 2 unspecified atom stereocenters. The first kappa shape index (κ1) is 52.8. The third-order valence-corrected chi connectivity index (χ3v) is 10.8. The maximum absolute atomic E-state index is 14.2. The third-order valence-electron chi connectivity index (χ3n) is 10.8. The molecule has 64 heavy (non-hydrogen) atoms. The molecule has 2 heterocycles. The van der Waals surface area contributed by atoms with Crippen LogP contribution in [0, 0.1) is 11.3 Å². The lowest BCUT2D eigenvalue weighted by atomic mass is 10.00. The van der Waals surface area contributed by atoms with Gasteiger partial charge in [-0.05, 0) is 89.5 Å². The van der Waals surface area contributed by atoms with Gasteiger partial charge in [0.25, 0.3) is 5.91 Å². The fourth-order valence-electron chi connectivity index (χ4n) is 7.32. The van der Waals surface area contributed by atoms with Crippen LogP contribution in [0.15, 0.2) is 30.3 Å². The van der Waals surface area contributed by atoms with Crippen LogP contribution < -0.4 is 65.1 Å². The first-order valence-corrected chi connectivity index (χ1v) is 22.0. The molecule has 2 aliphatic rings. The first-order valence-electron chi connectivity index (χ1n) is 22.0. The van der Waals surface area contributed by atoms with Crippen molar-refractivity contribution in [2.75, 3.05) is 32.7 Å². The maximum Gasteiger partial charge on any atom is 0.265 e. The Morgan fingerprint density at radius 2 is 1.19 bits per heavy atom. The summed E-state index contributed by atoms with van der Waals surface area (Å²) in [5.41, 5.74) is 17.9. The van der Waals surface area contributed by atoms with Crippen LogP contribution in [0.3, 0.4) is 0 Å².